The van der Waals surface area contributed by atoms with Gasteiger partial charge in [-0.2, -0.15) is 0 Å². The molecule has 1 aromatic rings. The highest BCUT2D eigenvalue weighted by molar-refractivity contribution is 5.29. The molecule has 2 rings (SSSR count). The Labute approximate surface area is 108 Å². The molecule has 2 nitrogen and oxygen atoms in total. The first kappa shape index (κ1) is 12.9. The van der Waals surface area contributed by atoms with Crippen LogP contribution in [0.15, 0.2) is 18.2 Å². The van der Waals surface area contributed by atoms with E-state index < -0.39 is 0 Å². The molecule has 0 bridgehead atoms. The molecule has 0 saturated heterocycles. The number of hydrogen-bond donors (Lipinski definition) is 1. The molecule has 0 aromatic heterocycles. The minimum absolute atomic E-state index is 0.248. The van der Waals surface area contributed by atoms with Crippen molar-refractivity contribution in [1.82, 2.24) is 5.32 Å². The second kappa shape index (κ2) is 6.42. The normalized spacial score (nSPS) is 13.9. The molecule has 1 N–H and O–H groups in total. The van der Waals surface area contributed by atoms with Crippen LogP contribution in [0.2, 0.25) is 0 Å². The van der Waals surface area contributed by atoms with Gasteiger partial charge in [-0.15, -0.1) is 11.8 Å². The lowest BCUT2D eigenvalue weighted by Crippen LogP contribution is -2.15. The quantitative estimate of drug-likeness (QED) is 0.616. The van der Waals surface area contributed by atoms with Gasteiger partial charge in [0.1, 0.15) is 11.6 Å². The molecular formula is C15H18FNO. The molecular weight excluding hydrogens is 229 g/mol. The topological polar surface area (TPSA) is 21.3 Å². The van der Waals surface area contributed by atoms with Gasteiger partial charge in [-0.3, -0.25) is 0 Å². The van der Waals surface area contributed by atoms with Crippen LogP contribution in [0.1, 0.15) is 31.7 Å². The van der Waals surface area contributed by atoms with Crippen LogP contribution in [-0.2, 0) is 6.54 Å². The van der Waals surface area contributed by atoms with Crippen molar-refractivity contribution in [3.8, 4) is 17.6 Å². The van der Waals surface area contributed by atoms with E-state index in [1.165, 1.54) is 18.9 Å². The lowest BCUT2D eigenvalue weighted by molar-refractivity contribution is 0.325. The van der Waals surface area contributed by atoms with Crippen LogP contribution in [-0.4, -0.2) is 12.6 Å². The minimum Gasteiger partial charge on any atom is -0.492 e. The summed E-state index contributed by atoms with van der Waals surface area (Å²) in [4.78, 5) is 0. The zero-order chi connectivity index (χ0) is 12.8. The maximum atomic E-state index is 13.4. The molecule has 96 valence electrons. The summed E-state index contributed by atoms with van der Waals surface area (Å²) in [5.41, 5.74) is 0.929. The third-order valence-corrected chi connectivity index (χ3v) is 2.78. The molecule has 0 atom stereocenters. The smallest absolute Gasteiger partial charge is 0.127 e. The Balaban J connectivity index is 1.88. The molecule has 0 aliphatic heterocycles. The van der Waals surface area contributed by atoms with Gasteiger partial charge in [0, 0.05) is 25.1 Å². The summed E-state index contributed by atoms with van der Waals surface area (Å²) in [5, 5.41) is 3.36. The lowest BCUT2D eigenvalue weighted by atomic mass is 10.2. The minimum atomic E-state index is -0.248. The molecule has 0 radical (unpaired) electrons. The molecule has 0 amide bonds. The standard InChI is InChI=1S/C15H18FNO/c1-2-3-4-7-18-15-9-12(8-13(16)10-15)11-17-14-5-6-14/h8-10,14,17H,4-7,11H2,1H3. The van der Waals surface area contributed by atoms with E-state index in [2.05, 4.69) is 17.2 Å². The molecule has 18 heavy (non-hydrogen) atoms. The molecule has 0 heterocycles. The average Bonchev–Trinajstić information content (AvgIpc) is 3.16. The zero-order valence-electron chi connectivity index (χ0n) is 10.6. The molecule has 1 aliphatic rings. The van der Waals surface area contributed by atoms with E-state index >= 15 is 0 Å². The Hall–Kier alpha value is -1.53. The number of hydrogen-bond acceptors (Lipinski definition) is 2. The van der Waals surface area contributed by atoms with Crippen LogP contribution in [0.4, 0.5) is 4.39 Å². The van der Waals surface area contributed by atoms with Crippen molar-refractivity contribution >= 4 is 0 Å². The number of benzene rings is 1. The van der Waals surface area contributed by atoms with Crippen molar-refractivity contribution in [2.45, 2.75) is 38.8 Å². The van der Waals surface area contributed by atoms with E-state index in [4.69, 9.17) is 4.74 Å². The Kier molecular flexibility index (Phi) is 4.60. The van der Waals surface area contributed by atoms with E-state index in [-0.39, 0.29) is 5.82 Å². The van der Waals surface area contributed by atoms with Crippen molar-refractivity contribution in [2.75, 3.05) is 6.61 Å². The van der Waals surface area contributed by atoms with Crippen LogP contribution < -0.4 is 10.1 Å². The van der Waals surface area contributed by atoms with Crippen molar-refractivity contribution < 1.29 is 9.13 Å². The molecule has 0 spiro atoms. The highest BCUT2D eigenvalue weighted by Crippen LogP contribution is 2.21. The number of nitrogens with one attached hydrogen (secondary N) is 1. The third-order valence-electron chi connectivity index (χ3n) is 2.78. The fourth-order valence-corrected chi connectivity index (χ4v) is 1.70. The SMILES string of the molecule is CC#CCCOc1cc(F)cc(CNC2CC2)c1. The van der Waals surface area contributed by atoms with Crippen molar-refractivity contribution in [1.29, 1.82) is 0 Å². The predicted molar refractivity (Wildman–Crippen MR) is 69.8 cm³/mol. The van der Waals surface area contributed by atoms with E-state index in [1.54, 1.807) is 13.0 Å². The van der Waals surface area contributed by atoms with Crippen LogP contribution >= 0.6 is 0 Å². The first-order chi connectivity index (χ1) is 8.78. The summed E-state index contributed by atoms with van der Waals surface area (Å²) in [6.45, 7) is 3.00. The average molecular weight is 247 g/mol. The zero-order valence-corrected chi connectivity index (χ0v) is 10.6. The van der Waals surface area contributed by atoms with Gasteiger partial charge in [-0.05, 0) is 37.5 Å². The summed E-state index contributed by atoms with van der Waals surface area (Å²) in [6, 6.07) is 5.48. The van der Waals surface area contributed by atoms with Gasteiger partial charge in [0.2, 0.25) is 0 Å². The first-order valence-electron chi connectivity index (χ1n) is 6.33. The molecule has 1 aliphatic carbocycles. The first-order valence-corrected chi connectivity index (χ1v) is 6.33. The predicted octanol–water partition coefficient (Wildman–Crippen LogP) is 2.87. The third kappa shape index (κ3) is 4.38. The molecule has 3 heteroatoms. The van der Waals surface area contributed by atoms with Crippen LogP contribution in [0.25, 0.3) is 0 Å². The highest BCUT2D eigenvalue weighted by atomic mass is 19.1. The Morgan fingerprint density at radius 1 is 1.39 bits per heavy atom. The second-order valence-electron chi connectivity index (χ2n) is 4.48. The number of rotatable bonds is 6. The van der Waals surface area contributed by atoms with E-state index in [1.807, 2.05) is 6.07 Å². The number of ether oxygens (including phenoxy) is 1. The highest BCUT2D eigenvalue weighted by Gasteiger charge is 2.20. The van der Waals surface area contributed by atoms with E-state index in [9.17, 15) is 4.39 Å². The van der Waals surface area contributed by atoms with Crippen molar-refractivity contribution in [2.24, 2.45) is 0 Å². The monoisotopic (exact) mass is 247 g/mol. The second-order valence-corrected chi connectivity index (χ2v) is 4.48. The van der Waals surface area contributed by atoms with Gasteiger partial charge in [0.25, 0.3) is 0 Å². The van der Waals surface area contributed by atoms with Crippen LogP contribution in [0.5, 0.6) is 5.75 Å². The molecule has 1 saturated carbocycles. The largest absolute Gasteiger partial charge is 0.492 e. The summed E-state index contributed by atoms with van der Waals surface area (Å²) >= 11 is 0. The maximum absolute atomic E-state index is 13.4. The fraction of sp³-hybridized carbons (Fsp3) is 0.467. The Bertz CT molecular complexity index is 457. The Morgan fingerprint density at radius 2 is 2.22 bits per heavy atom. The van der Waals surface area contributed by atoms with Gasteiger partial charge in [0.15, 0.2) is 0 Å². The summed E-state index contributed by atoms with van der Waals surface area (Å²) in [6.07, 6.45) is 3.13. The van der Waals surface area contributed by atoms with Crippen molar-refractivity contribution in [3.63, 3.8) is 0 Å². The Morgan fingerprint density at radius 3 is 2.94 bits per heavy atom. The molecule has 1 fully saturated rings. The van der Waals surface area contributed by atoms with Gasteiger partial charge in [0.05, 0.1) is 6.61 Å². The lowest BCUT2D eigenvalue weighted by Gasteiger charge is -2.08. The summed E-state index contributed by atoms with van der Waals surface area (Å²) in [5.74, 6) is 6.05. The van der Waals surface area contributed by atoms with Gasteiger partial charge in [-0.1, -0.05) is 0 Å². The van der Waals surface area contributed by atoms with E-state index in [0.29, 0.717) is 31.4 Å². The van der Waals surface area contributed by atoms with Crippen molar-refractivity contribution in [3.05, 3.63) is 29.6 Å². The molecule has 1 aromatic carbocycles. The van der Waals surface area contributed by atoms with Gasteiger partial charge < -0.3 is 10.1 Å². The van der Waals surface area contributed by atoms with Crippen LogP contribution in [0.3, 0.4) is 0 Å². The van der Waals surface area contributed by atoms with E-state index in [0.717, 1.165) is 5.56 Å². The van der Waals surface area contributed by atoms with Gasteiger partial charge in [-0.25, -0.2) is 4.39 Å². The number of halogens is 1. The van der Waals surface area contributed by atoms with Gasteiger partial charge >= 0.3 is 0 Å². The van der Waals surface area contributed by atoms with Crippen LogP contribution in [0, 0.1) is 17.7 Å². The summed E-state index contributed by atoms with van der Waals surface area (Å²) in [7, 11) is 0. The summed E-state index contributed by atoms with van der Waals surface area (Å²) < 4.78 is 18.9. The molecule has 0 unspecified atom stereocenters. The fourth-order valence-electron chi connectivity index (χ4n) is 1.70. The maximum Gasteiger partial charge on any atom is 0.127 e.